The van der Waals surface area contributed by atoms with E-state index in [1.54, 1.807) is 12.4 Å². The standard InChI is InChI=1S/C14H17N5O2/c1-9-4-3-5-10(2)19(9)14(20)13-17-12(18-21-13)11-8-15-6-7-16-11/h6-10H,3-5H2,1-2H3. The Labute approximate surface area is 122 Å². The van der Waals surface area contributed by atoms with E-state index in [2.05, 4.69) is 20.1 Å². The van der Waals surface area contributed by atoms with Crippen molar-refractivity contribution in [2.24, 2.45) is 0 Å². The fourth-order valence-corrected chi connectivity index (χ4v) is 2.76. The molecule has 0 bridgehead atoms. The summed E-state index contributed by atoms with van der Waals surface area (Å²) in [5, 5.41) is 3.82. The summed E-state index contributed by atoms with van der Waals surface area (Å²) in [7, 11) is 0. The van der Waals surface area contributed by atoms with Crippen molar-refractivity contribution in [3.05, 3.63) is 24.5 Å². The van der Waals surface area contributed by atoms with Gasteiger partial charge in [0, 0.05) is 24.5 Å². The van der Waals surface area contributed by atoms with Gasteiger partial charge in [0.15, 0.2) is 0 Å². The van der Waals surface area contributed by atoms with Crippen LogP contribution in [0.25, 0.3) is 11.5 Å². The van der Waals surface area contributed by atoms with Gasteiger partial charge < -0.3 is 9.42 Å². The molecule has 2 unspecified atom stereocenters. The minimum absolute atomic E-state index is 0.0104. The molecule has 3 heterocycles. The largest absolute Gasteiger partial charge is 0.329 e. The Balaban J connectivity index is 1.84. The maximum atomic E-state index is 12.6. The maximum absolute atomic E-state index is 12.6. The highest BCUT2D eigenvalue weighted by atomic mass is 16.5. The molecular weight excluding hydrogens is 270 g/mol. The van der Waals surface area contributed by atoms with Crippen molar-refractivity contribution in [3.8, 4) is 11.5 Å². The summed E-state index contributed by atoms with van der Waals surface area (Å²) >= 11 is 0. The molecule has 110 valence electrons. The number of hydrogen-bond acceptors (Lipinski definition) is 6. The van der Waals surface area contributed by atoms with Crippen LogP contribution < -0.4 is 0 Å². The van der Waals surface area contributed by atoms with Crippen LogP contribution in [0.2, 0.25) is 0 Å². The first kappa shape index (κ1) is 13.7. The van der Waals surface area contributed by atoms with Crippen molar-refractivity contribution in [1.82, 2.24) is 25.0 Å². The minimum Gasteiger partial charge on any atom is -0.329 e. The van der Waals surface area contributed by atoms with Crippen LogP contribution in [-0.4, -0.2) is 43.0 Å². The lowest BCUT2D eigenvalue weighted by atomic mass is 9.97. The van der Waals surface area contributed by atoms with Gasteiger partial charge in [0.05, 0.1) is 6.20 Å². The molecule has 0 saturated carbocycles. The maximum Gasteiger partial charge on any atom is 0.316 e. The Kier molecular flexibility index (Phi) is 3.64. The number of rotatable bonds is 2. The van der Waals surface area contributed by atoms with Gasteiger partial charge in [0.25, 0.3) is 0 Å². The van der Waals surface area contributed by atoms with E-state index < -0.39 is 0 Å². The topological polar surface area (TPSA) is 85.0 Å². The van der Waals surface area contributed by atoms with Crippen LogP contribution in [0.1, 0.15) is 43.8 Å². The number of amides is 1. The van der Waals surface area contributed by atoms with Gasteiger partial charge in [0.2, 0.25) is 5.82 Å². The second kappa shape index (κ2) is 5.59. The Morgan fingerprint density at radius 1 is 1.29 bits per heavy atom. The SMILES string of the molecule is CC1CCCC(C)N1C(=O)c1nc(-c2cnccn2)no1. The second-order valence-electron chi connectivity index (χ2n) is 5.36. The number of hydrogen-bond donors (Lipinski definition) is 0. The lowest BCUT2D eigenvalue weighted by Crippen LogP contribution is -2.47. The molecule has 2 aromatic rings. The van der Waals surface area contributed by atoms with Gasteiger partial charge in [-0.3, -0.25) is 9.78 Å². The molecule has 3 rings (SSSR count). The van der Waals surface area contributed by atoms with E-state index in [1.165, 1.54) is 6.20 Å². The summed E-state index contributed by atoms with van der Waals surface area (Å²) in [6.07, 6.45) is 7.78. The van der Waals surface area contributed by atoms with Crippen molar-refractivity contribution in [1.29, 1.82) is 0 Å². The van der Waals surface area contributed by atoms with E-state index in [9.17, 15) is 4.79 Å². The van der Waals surface area contributed by atoms with E-state index in [-0.39, 0.29) is 29.7 Å². The molecular formula is C14H17N5O2. The predicted octanol–water partition coefficient (Wildman–Crippen LogP) is 1.93. The Hall–Kier alpha value is -2.31. The molecule has 0 spiro atoms. The number of aromatic nitrogens is 4. The number of nitrogens with zero attached hydrogens (tertiary/aromatic N) is 5. The van der Waals surface area contributed by atoms with Crippen LogP contribution in [-0.2, 0) is 0 Å². The van der Waals surface area contributed by atoms with Gasteiger partial charge in [-0.1, -0.05) is 5.16 Å². The Morgan fingerprint density at radius 3 is 2.71 bits per heavy atom. The monoisotopic (exact) mass is 287 g/mol. The molecule has 0 radical (unpaired) electrons. The van der Waals surface area contributed by atoms with Crippen molar-refractivity contribution < 1.29 is 9.32 Å². The van der Waals surface area contributed by atoms with Crippen LogP contribution in [0, 0.1) is 0 Å². The summed E-state index contributed by atoms with van der Waals surface area (Å²) in [5.74, 6) is 0.0809. The first-order chi connectivity index (χ1) is 10.2. The van der Waals surface area contributed by atoms with E-state index in [1.807, 2.05) is 18.7 Å². The smallest absolute Gasteiger partial charge is 0.316 e. The number of likely N-dealkylation sites (tertiary alicyclic amines) is 1. The van der Waals surface area contributed by atoms with Crippen LogP contribution in [0.4, 0.5) is 0 Å². The van der Waals surface area contributed by atoms with E-state index in [0.29, 0.717) is 5.69 Å². The summed E-state index contributed by atoms with van der Waals surface area (Å²) in [5.41, 5.74) is 0.486. The second-order valence-corrected chi connectivity index (χ2v) is 5.36. The highest BCUT2D eigenvalue weighted by molar-refractivity contribution is 5.90. The zero-order valence-electron chi connectivity index (χ0n) is 12.1. The predicted molar refractivity (Wildman–Crippen MR) is 74.3 cm³/mol. The zero-order valence-corrected chi connectivity index (χ0v) is 12.1. The lowest BCUT2D eigenvalue weighted by molar-refractivity contribution is 0.0461. The third kappa shape index (κ3) is 2.63. The summed E-state index contributed by atoms with van der Waals surface area (Å²) in [6.45, 7) is 4.10. The van der Waals surface area contributed by atoms with Crippen molar-refractivity contribution >= 4 is 5.91 Å². The normalized spacial score (nSPS) is 22.3. The summed E-state index contributed by atoms with van der Waals surface area (Å²) in [4.78, 5) is 26.6. The number of carbonyl (C=O) groups is 1. The molecule has 0 aromatic carbocycles. The molecule has 7 heteroatoms. The van der Waals surface area contributed by atoms with E-state index in [4.69, 9.17) is 4.52 Å². The molecule has 1 saturated heterocycles. The lowest BCUT2D eigenvalue weighted by Gasteiger charge is -2.38. The third-order valence-electron chi connectivity index (χ3n) is 3.83. The Bertz CT molecular complexity index is 617. The van der Waals surface area contributed by atoms with Gasteiger partial charge in [-0.05, 0) is 33.1 Å². The average molecular weight is 287 g/mol. The molecule has 1 amide bonds. The molecule has 2 aromatic heterocycles. The quantitative estimate of drug-likeness (QED) is 0.839. The molecule has 1 aliphatic heterocycles. The highest BCUT2D eigenvalue weighted by Crippen LogP contribution is 2.24. The fourth-order valence-electron chi connectivity index (χ4n) is 2.76. The first-order valence-electron chi connectivity index (χ1n) is 7.09. The highest BCUT2D eigenvalue weighted by Gasteiger charge is 2.32. The van der Waals surface area contributed by atoms with Crippen molar-refractivity contribution in [3.63, 3.8) is 0 Å². The Morgan fingerprint density at radius 2 is 2.05 bits per heavy atom. The van der Waals surface area contributed by atoms with E-state index >= 15 is 0 Å². The van der Waals surface area contributed by atoms with Gasteiger partial charge in [-0.15, -0.1) is 0 Å². The van der Waals surface area contributed by atoms with E-state index in [0.717, 1.165) is 19.3 Å². The number of piperidine rings is 1. The van der Waals surface area contributed by atoms with Gasteiger partial charge in [-0.2, -0.15) is 4.98 Å². The molecule has 7 nitrogen and oxygen atoms in total. The van der Waals surface area contributed by atoms with Crippen LogP contribution in [0.3, 0.4) is 0 Å². The zero-order chi connectivity index (χ0) is 14.8. The van der Waals surface area contributed by atoms with Crippen molar-refractivity contribution in [2.45, 2.75) is 45.2 Å². The average Bonchev–Trinajstić information content (AvgIpc) is 2.97. The van der Waals surface area contributed by atoms with Crippen LogP contribution in [0.5, 0.6) is 0 Å². The van der Waals surface area contributed by atoms with Crippen LogP contribution >= 0.6 is 0 Å². The molecule has 0 N–H and O–H groups in total. The van der Waals surface area contributed by atoms with Gasteiger partial charge in [0.1, 0.15) is 5.69 Å². The molecule has 0 aliphatic carbocycles. The number of carbonyl (C=O) groups excluding carboxylic acids is 1. The molecule has 2 atom stereocenters. The fraction of sp³-hybridized carbons (Fsp3) is 0.500. The minimum atomic E-state index is -0.211. The molecule has 1 fully saturated rings. The first-order valence-corrected chi connectivity index (χ1v) is 7.09. The molecule has 1 aliphatic rings. The summed E-state index contributed by atoms with van der Waals surface area (Å²) in [6, 6.07) is 0.376. The van der Waals surface area contributed by atoms with Crippen molar-refractivity contribution in [2.75, 3.05) is 0 Å². The van der Waals surface area contributed by atoms with Gasteiger partial charge >= 0.3 is 11.8 Å². The van der Waals surface area contributed by atoms with Crippen LogP contribution in [0.15, 0.2) is 23.1 Å². The third-order valence-corrected chi connectivity index (χ3v) is 3.83. The molecule has 21 heavy (non-hydrogen) atoms. The summed E-state index contributed by atoms with van der Waals surface area (Å²) < 4.78 is 5.11. The van der Waals surface area contributed by atoms with Gasteiger partial charge in [-0.25, -0.2) is 4.98 Å².